The quantitative estimate of drug-likeness (QED) is 0.173. The Balaban J connectivity index is 1.30. The first kappa shape index (κ1) is 30.9. The van der Waals surface area contributed by atoms with E-state index in [1.54, 1.807) is 0 Å². The first-order valence-electron chi connectivity index (χ1n) is 17.4. The van der Waals surface area contributed by atoms with Gasteiger partial charge in [0.25, 0.3) is 0 Å². The summed E-state index contributed by atoms with van der Waals surface area (Å²) >= 11 is 0. The molecule has 0 amide bonds. The van der Waals surface area contributed by atoms with Crippen molar-refractivity contribution >= 4 is 34.0 Å². The highest BCUT2D eigenvalue weighted by Crippen LogP contribution is 2.40. The van der Waals surface area contributed by atoms with Crippen LogP contribution in [0.15, 0.2) is 121 Å². The van der Waals surface area contributed by atoms with Crippen LogP contribution in [-0.4, -0.2) is 9.13 Å². The van der Waals surface area contributed by atoms with Gasteiger partial charge in [-0.1, -0.05) is 98.3 Å². The van der Waals surface area contributed by atoms with Gasteiger partial charge in [0.1, 0.15) is 0 Å². The van der Waals surface area contributed by atoms with Crippen molar-refractivity contribution in [2.45, 2.75) is 39.5 Å². The average Bonchev–Trinajstić information content (AvgIpc) is 3.67. The first-order valence-corrected chi connectivity index (χ1v) is 17.4. The van der Waals surface area contributed by atoms with Gasteiger partial charge in [-0.25, -0.2) is 0 Å². The Morgan fingerprint density at radius 2 is 1.48 bits per heavy atom. The second kappa shape index (κ2) is 12.9. The zero-order valence-electron chi connectivity index (χ0n) is 28.3. The molecule has 0 spiro atoms. The molecule has 4 heteroatoms. The van der Waals surface area contributed by atoms with Crippen molar-refractivity contribution in [1.82, 2.24) is 9.13 Å². The van der Waals surface area contributed by atoms with Crippen LogP contribution in [0.3, 0.4) is 0 Å². The molecule has 7 aromatic rings. The molecule has 2 heterocycles. The van der Waals surface area contributed by atoms with E-state index in [2.05, 4.69) is 137 Å². The molecule has 50 heavy (non-hydrogen) atoms. The van der Waals surface area contributed by atoms with Crippen molar-refractivity contribution in [3.63, 3.8) is 0 Å². The Labute approximate surface area is 293 Å². The second-order valence-corrected chi connectivity index (χ2v) is 12.9. The largest absolute Gasteiger partial charge is 0.312 e. The van der Waals surface area contributed by atoms with Gasteiger partial charge in [0, 0.05) is 44.5 Å². The standard InChI is InChI=1S/C46H36N4/c1-3-13-37-38-18-7-10-23-44(38)50(41(37)14-4-2)45-24-12-16-33(29-47)46(45)36-26-25-32(27-34(36)30-48)31-15-11-17-35(28-31)49-42-21-8-5-19-39(42)40-20-6-9-22-43(40)49/h3,5,7-13,15-19,21-28H,4,6,14,20H2,1-2H3/b13-3-. The van der Waals surface area contributed by atoms with Crippen LogP contribution in [0.2, 0.25) is 0 Å². The number of hydrogen-bond acceptors (Lipinski definition) is 2. The minimum atomic E-state index is 0.533. The summed E-state index contributed by atoms with van der Waals surface area (Å²) in [6.07, 6.45) is 12.7. The number of aryl methyl sites for hydroxylation is 1. The van der Waals surface area contributed by atoms with E-state index in [0.717, 1.165) is 64.8 Å². The summed E-state index contributed by atoms with van der Waals surface area (Å²) < 4.78 is 4.66. The van der Waals surface area contributed by atoms with Crippen molar-refractivity contribution < 1.29 is 0 Å². The number of nitriles is 2. The van der Waals surface area contributed by atoms with Crippen LogP contribution in [0.1, 0.15) is 60.3 Å². The van der Waals surface area contributed by atoms with Gasteiger partial charge in [0.05, 0.1) is 40.0 Å². The number of para-hydroxylation sites is 2. The number of nitrogens with zero attached hydrogens (tertiary/aromatic N) is 4. The number of aromatic nitrogens is 2. The summed E-state index contributed by atoms with van der Waals surface area (Å²) in [6, 6.07) is 42.6. The minimum Gasteiger partial charge on any atom is -0.312 e. The molecule has 240 valence electrons. The fourth-order valence-electron chi connectivity index (χ4n) is 7.86. The summed E-state index contributed by atoms with van der Waals surface area (Å²) in [4.78, 5) is 0. The molecule has 5 aromatic carbocycles. The van der Waals surface area contributed by atoms with Crippen molar-refractivity contribution in [3.05, 3.63) is 155 Å². The molecule has 2 aromatic heterocycles. The van der Waals surface area contributed by atoms with Gasteiger partial charge >= 0.3 is 0 Å². The van der Waals surface area contributed by atoms with Crippen molar-refractivity contribution in [3.8, 4) is 45.8 Å². The van der Waals surface area contributed by atoms with E-state index in [1.807, 2.05) is 31.2 Å². The fourth-order valence-corrected chi connectivity index (χ4v) is 7.86. The maximum absolute atomic E-state index is 10.7. The second-order valence-electron chi connectivity index (χ2n) is 12.9. The smallest absolute Gasteiger partial charge is 0.0998 e. The van der Waals surface area contributed by atoms with Gasteiger partial charge in [-0.05, 0) is 91.4 Å². The summed E-state index contributed by atoms with van der Waals surface area (Å²) in [5.41, 5.74) is 13.9. The molecule has 0 unspecified atom stereocenters. The third kappa shape index (κ3) is 4.97. The third-order valence-electron chi connectivity index (χ3n) is 9.94. The number of hydrogen-bond donors (Lipinski definition) is 0. The van der Waals surface area contributed by atoms with Crippen LogP contribution in [0, 0.1) is 22.7 Å². The molecular weight excluding hydrogens is 609 g/mol. The lowest BCUT2D eigenvalue weighted by Gasteiger charge is -2.19. The Morgan fingerprint density at radius 1 is 0.740 bits per heavy atom. The van der Waals surface area contributed by atoms with Crippen LogP contribution in [0.25, 0.3) is 67.6 Å². The average molecular weight is 645 g/mol. The van der Waals surface area contributed by atoms with Gasteiger partial charge in [-0.15, -0.1) is 0 Å². The van der Waals surface area contributed by atoms with Gasteiger partial charge in [0.15, 0.2) is 0 Å². The molecule has 0 N–H and O–H groups in total. The lowest BCUT2D eigenvalue weighted by Crippen LogP contribution is -2.05. The molecule has 0 bridgehead atoms. The molecule has 1 aliphatic carbocycles. The highest BCUT2D eigenvalue weighted by atomic mass is 15.0. The molecule has 0 saturated heterocycles. The van der Waals surface area contributed by atoms with E-state index in [9.17, 15) is 10.5 Å². The topological polar surface area (TPSA) is 57.4 Å². The number of allylic oxidation sites excluding steroid dienone is 2. The molecule has 0 saturated carbocycles. The predicted molar refractivity (Wildman–Crippen MR) is 206 cm³/mol. The van der Waals surface area contributed by atoms with Crippen LogP contribution in [0.4, 0.5) is 0 Å². The van der Waals surface area contributed by atoms with E-state index in [-0.39, 0.29) is 0 Å². The number of benzene rings is 5. The zero-order chi connectivity index (χ0) is 34.2. The molecule has 8 rings (SSSR count). The van der Waals surface area contributed by atoms with Gasteiger partial charge in [-0.3, -0.25) is 0 Å². The van der Waals surface area contributed by atoms with Gasteiger partial charge in [-0.2, -0.15) is 10.5 Å². The van der Waals surface area contributed by atoms with E-state index in [1.165, 1.54) is 38.8 Å². The SMILES string of the molecule is C/C=C\c1c(CCC)n(-c2cccc(C#N)c2-c2ccc(-c3cccc(-n4c5c(c6ccccc64)CCC=C5)c3)cc2C#N)c2ccccc12. The van der Waals surface area contributed by atoms with Gasteiger partial charge < -0.3 is 9.13 Å². The summed E-state index contributed by atoms with van der Waals surface area (Å²) in [6.45, 7) is 4.24. The van der Waals surface area contributed by atoms with Crippen molar-refractivity contribution in [1.29, 1.82) is 10.5 Å². The lowest BCUT2D eigenvalue weighted by molar-refractivity contribution is 0.852. The highest BCUT2D eigenvalue weighted by Gasteiger charge is 2.23. The molecule has 0 fully saturated rings. The number of rotatable bonds is 7. The van der Waals surface area contributed by atoms with Gasteiger partial charge in [0.2, 0.25) is 0 Å². The number of fused-ring (bicyclic) bond motifs is 4. The molecule has 0 radical (unpaired) electrons. The lowest BCUT2D eigenvalue weighted by atomic mass is 9.91. The normalized spacial score (nSPS) is 12.4. The van der Waals surface area contributed by atoms with Crippen molar-refractivity contribution in [2.24, 2.45) is 0 Å². The molecule has 4 nitrogen and oxygen atoms in total. The highest BCUT2D eigenvalue weighted by molar-refractivity contribution is 5.95. The minimum absolute atomic E-state index is 0.533. The molecule has 0 aliphatic heterocycles. The maximum atomic E-state index is 10.7. The van der Waals surface area contributed by atoms with Crippen molar-refractivity contribution in [2.75, 3.05) is 0 Å². The zero-order valence-corrected chi connectivity index (χ0v) is 28.3. The molecular formula is C46H36N4. The Bertz CT molecular complexity index is 2590. The summed E-state index contributed by atoms with van der Waals surface area (Å²) in [5, 5.41) is 23.6. The summed E-state index contributed by atoms with van der Waals surface area (Å²) in [5.74, 6) is 0. The predicted octanol–water partition coefficient (Wildman–Crippen LogP) is 11.6. The Hall–Kier alpha value is -6.36. The van der Waals surface area contributed by atoms with Crippen LogP contribution in [-0.2, 0) is 12.8 Å². The fraction of sp³-hybridized carbons (Fsp3) is 0.130. The van der Waals surface area contributed by atoms with E-state index in [4.69, 9.17) is 0 Å². The Morgan fingerprint density at radius 3 is 2.26 bits per heavy atom. The van der Waals surface area contributed by atoms with E-state index < -0.39 is 0 Å². The van der Waals surface area contributed by atoms with Crippen LogP contribution >= 0.6 is 0 Å². The van der Waals surface area contributed by atoms with Crippen LogP contribution in [0.5, 0.6) is 0 Å². The van der Waals surface area contributed by atoms with Crippen LogP contribution < -0.4 is 0 Å². The van der Waals surface area contributed by atoms with E-state index >= 15 is 0 Å². The van der Waals surface area contributed by atoms with E-state index in [0.29, 0.717) is 11.1 Å². The summed E-state index contributed by atoms with van der Waals surface area (Å²) in [7, 11) is 0. The molecule has 0 atom stereocenters. The molecule has 1 aliphatic rings. The third-order valence-corrected chi connectivity index (χ3v) is 9.94. The Kier molecular flexibility index (Phi) is 8.00. The monoisotopic (exact) mass is 644 g/mol. The first-order chi connectivity index (χ1) is 24.7. The maximum Gasteiger partial charge on any atom is 0.0998 e.